The molecule has 0 aliphatic carbocycles. The summed E-state index contributed by atoms with van der Waals surface area (Å²) in [5.41, 5.74) is 0. The van der Waals surface area contributed by atoms with Crippen molar-refractivity contribution in [2.24, 2.45) is 0 Å². The first-order valence-electron chi connectivity index (χ1n) is 5.41. The molecule has 0 atom stereocenters. The number of ether oxygens (including phenoxy) is 2. The lowest BCUT2D eigenvalue weighted by Crippen LogP contribution is -2.22. The maximum absolute atomic E-state index is 5.49. The van der Waals surface area contributed by atoms with Crippen molar-refractivity contribution >= 4 is 46.6 Å². The van der Waals surface area contributed by atoms with Gasteiger partial charge in [-0.15, -0.1) is 0 Å². The zero-order valence-corrected chi connectivity index (χ0v) is 15.0. The summed E-state index contributed by atoms with van der Waals surface area (Å²) >= 11 is 5.52. The number of aromatic nitrogens is 1. The molecule has 1 aromatic rings. The average molecular weight is 430 g/mol. The van der Waals surface area contributed by atoms with Crippen molar-refractivity contribution in [2.75, 3.05) is 13.4 Å². The lowest BCUT2D eigenvalue weighted by molar-refractivity contribution is 0.0213. The highest BCUT2D eigenvalue weighted by Crippen LogP contribution is 2.23. The number of halogens is 2. The molecular weight excluding hydrogens is 413 g/mol. The van der Waals surface area contributed by atoms with Gasteiger partial charge in [0.2, 0.25) is 0 Å². The topological polar surface area (TPSA) is 31.4 Å². The van der Waals surface area contributed by atoms with Crippen molar-refractivity contribution in [3.05, 3.63) is 20.4 Å². The molecule has 1 aromatic heterocycles. The molecular formula is C11H17BrINO2Si. The standard InChI is InChI=1S/C11H17BrINO2Si/c1-17(2,3)7-6-15-8-16-9-4-5-10(13)14-11(9)12/h4-5H,6-8H2,1-3H3. The summed E-state index contributed by atoms with van der Waals surface area (Å²) in [6, 6.07) is 4.95. The van der Waals surface area contributed by atoms with Gasteiger partial charge in [-0.25, -0.2) is 4.98 Å². The Balaban J connectivity index is 2.27. The SMILES string of the molecule is C[Si](C)(C)CCOCOc1ccc(I)nc1Br. The third-order valence-electron chi connectivity index (χ3n) is 2.07. The summed E-state index contributed by atoms with van der Waals surface area (Å²) in [5, 5.41) is 0. The highest BCUT2D eigenvalue weighted by atomic mass is 127. The van der Waals surface area contributed by atoms with Crippen molar-refractivity contribution in [1.29, 1.82) is 0 Å². The van der Waals surface area contributed by atoms with E-state index < -0.39 is 8.07 Å². The van der Waals surface area contributed by atoms with Crippen LogP contribution in [0.5, 0.6) is 5.75 Å². The Morgan fingerprint density at radius 2 is 2.06 bits per heavy atom. The molecule has 0 fully saturated rings. The number of pyridine rings is 1. The second-order valence-corrected chi connectivity index (χ2v) is 12.4. The van der Waals surface area contributed by atoms with Crippen LogP contribution >= 0.6 is 38.5 Å². The molecule has 96 valence electrons. The molecule has 0 aliphatic rings. The van der Waals surface area contributed by atoms with Crippen LogP contribution in [0.1, 0.15) is 0 Å². The lowest BCUT2D eigenvalue weighted by Gasteiger charge is -2.15. The van der Waals surface area contributed by atoms with Crippen LogP contribution in [-0.2, 0) is 4.74 Å². The molecule has 0 aromatic carbocycles. The molecule has 17 heavy (non-hydrogen) atoms. The van der Waals surface area contributed by atoms with Gasteiger partial charge in [0.25, 0.3) is 0 Å². The highest BCUT2D eigenvalue weighted by Gasteiger charge is 2.12. The number of rotatable bonds is 6. The van der Waals surface area contributed by atoms with E-state index in [0.29, 0.717) is 0 Å². The highest BCUT2D eigenvalue weighted by molar-refractivity contribution is 14.1. The maximum Gasteiger partial charge on any atom is 0.189 e. The molecule has 3 nitrogen and oxygen atoms in total. The molecule has 0 bridgehead atoms. The summed E-state index contributed by atoms with van der Waals surface area (Å²) in [6.07, 6.45) is 0. The van der Waals surface area contributed by atoms with E-state index in [2.05, 4.69) is 63.1 Å². The first-order valence-corrected chi connectivity index (χ1v) is 11.0. The van der Waals surface area contributed by atoms with Crippen LogP contribution in [0.3, 0.4) is 0 Å². The van der Waals surface area contributed by atoms with Gasteiger partial charge in [-0.2, -0.15) is 0 Å². The average Bonchev–Trinajstić information content (AvgIpc) is 2.18. The molecule has 0 amide bonds. The summed E-state index contributed by atoms with van der Waals surface area (Å²) in [7, 11) is -1.01. The van der Waals surface area contributed by atoms with Crippen molar-refractivity contribution in [3.8, 4) is 5.75 Å². The van der Waals surface area contributed by atoms with E-state index in [1.54, 1.807) is 0 Å². The van der Waals surface area contributed by atoms with Crippen LogP contribution in [0.25, 0.3) is 0 Å². The van der Waals surface area contributed by atoms with Gasteiger partial charge < -0.3 is 9.47 Å². The smallest absolute Gasteiger partial charge is 0.189 e. The molecule has 0 radical (unpaired) electrons. The van der Waals surface area contributed by atoms with Crippen molar-refractivity contribution in [2.45, 2.75) is 25.7 Å². The Kier molecular flexibility index (Phi) is 6.39. The predicted octanol–water partition coefficient (Wildman–Crippen LogP) is 4.14. The van der Waals surface area contributed by atoms with Crippen LogP contribution in [0.15, 0.2) is 16.7 Å². The van der Waals surface area contributed by atoms with Crippen molar-refractivity contribution in [3.63, 3.8) is 0 Å². The van der Waals surface area contributed by atoms with Gasteiger partial charge in [-0.05, 0) is 56.7 Å². The van der Waals surface area contributed by atoms with Crippen LogP contribution in [0, 0.1) is 3.70 Å². The summed E-state index contributed by atoms with van der Waals surface area (Å²) in [5.74, 6) is 0.721. The van der Waals surface area contributed by atoms with E-state index in [4.69, 9.17) is 9.47 Å². The van der Waals surface area contributed by atoms with Crippen LogP contribution in [0.4, 0.5) is 0 Å². The number of hydrogen-bond acceptors (Lipinski definition) is 3. The van der Waals surface area contributed by atoms with Crippen molar-refractivity contribution < 1.29 is 9.47 Å². The fourth-order valence-corrected chi connectivity index (χ4v) is 3.00. The fraction of sp³-hybridized carbons (Fsp3) is 0.545. The molecule has 0 aliphatic heterocycles. The maximum atomic E-state index is 5.49. The molecule has 0 unspecified atom stereocenters. The minimum atomic E-state index is -1.01. The molecule has 1 rings (SSSR count). The molecule has 0 saturated carbocycles. The van der Waals surface area contributed by atoms with E-state index in [-0.39, 0.29) is 6.79 Å². The third kappa shape index (κ3) is 6.73. The molecule has 0 spiro atoms. The Bertz CT molecular complexity index is 371. The van der Waals surface area contributed by atoms with E-state index in [9.17, 15) is 0 Å². The number of nitrogens with zero attached hydrogens (tertiary/aromatic N) is 1. The summed E-state index contributed by atoms with van der Waals surface area (Å²) < 4.78 is 12.6. The minimum Gasteiger partial charge on any atom is -0.465 e. The monoisotopic (exact) mass is 429 g/mol. The van der Waals surface area contributed by atoms with E-state index in [1.165, 1.54) is 0 Å². The first-order chi connectivity index (χ1) is 7.88. The molecule has 0 saturated heterocycles. The van der Waals surface area contributed by atoms with Gasteiger partial charge in [-0.1, -0.05) is 19.6 Å². The molecule has 1 heterocycles. The zero-order valence-electron chi connectivity index (χ0n) is 10.3. The summed E-state index contributed by atoms with van der Waals surface area (Å²) in [4.78, 5) is 4.24. The Hall–Kier alpha value is 0.337. The minimum absolute atomic E-state index is 0.283. The van der Waals surface area contributed by atoms with Crippen LogP contribution in [-0.4, -0.2) is 26.5 Å². The van der Waals surface area contributed by atoms with Gasteiger partial charge in [0.15, 0.2) is 12.5 Å². The first kappa shape index (κ1) is 15.4. The molecule has 0 N–H and O–H groups in total. The van der Waals surface area contributed by atoms with Crippen LogP contribution in [0.2, 0.25) is 25.7 Å². The van der Waals surface area contributed by atoms with Gasteiger partial charge in [0, 0.05) is 14.7 Å². The quantitative estimate of drug-likeness (QED) is 0.224. The largest absolute Gasteiger partial charge is 0.465 e. The number of hydrogen-bond donors (Lipinski definition) is 0. The van der Waals surface area contributed by atoms with E-state index >= 15 is 0 Å². The van der Waals surface area contributed by atoms with Crippen molar-refractivity contribution in [1.82, 2.24) is 4.98 Å². The second-order valence-electron chi connectivity index (χ2n) is 4.90. The second kappa shape index (κ2) is 7.06. The Morgan fingerprint density at radius 1 is 1.35 bits per heavy atom. The normalized spacial score (nSPS) is 11.6. The fourth-order valence-electron chi connectivity index (χ4n) is 1.05. The van der Waals surface area contributed by atoms with Gasteiger partial charge in [0.1, 0.15) is 8.30 Å². The van der Waals surface area contributed by atoms with Gasteiger partial charge in [0.05, 0.1) is 0 Å². The molecule has 6 heteroatoms. The van der Waals surface area contributed by atoms with Gasteiger partial charge in [-0.3, -0.25) is 0 Å². The third-order valence-corrected chi connectivity index (χ3v) is 4.95. The van der Waals surface area contributed by atoms with E-state index in [1.807, 2.05) is 12.1 Å². The Morgan fingerprint density at radius 3 is 2.65 bits per heavy atom. The zero-order chi connectivity index (χ0) is 12.9. The summed E-state index contributed by atoms with van der Waals surface area (Å²) in [6.45, 7) is 8.04. The predicted molar refractivity (Wildman–Crippen MR) is 84.3 cm³/mol. The van der Waals surface area contributed by atoms with E-state index in [0.717, 1.165) is 26.7 Å². The van der Waals surface area contributed by atoms with Crippen LogP contribution < -0.4 is 4.74 Å². The Labute approximate surface area is 126 Å². The lowest BCUT2D eigenvalue weighted by atomic mass is 10.5. The van der Waals surface area contributed by atoms with Gasteiger partial charge >= 0.3 is 0 Å².